The molecule has 0 spiro atoms. The maximum atomic E-state index is 6.09. The zero-order valence-electron chi connectivity index (χ0n) is 10.3. The van der Waals surface area contributed by atoms with E-state index >= 15 is 0 Å². The molecule has 0 aliphatic carbocycles. The van der Waals surface area contributed by atoms with Gasteiger partial charge in [-0.1, -0.05) is 29.3 Å². The van der Waals surface area contributed by atoms with Gasteiger partial charge < -0.3 is 5.73 Å². The van der Waals surface area contributed by atoms with E-state index in [9.17, 15) is 0 Å². The summed E-state index contributed by atoms with van der Waals surface area (Å²) in [6.07, 6.45) is 4.86. The smallest absolute Gasteiger partial charge is 0.0595 e. The Labute approximate surface area is 118 Å². The monoisotopic (exact) mass is 284 g/mol. The lowest BCUT2D eigenvalue weighted by molar-refractivity contribution is 0.120. The van der Waals surface area contributed by atoms with Crippen molar-refractivity contribution in [2.45, 2.75) is 50.4 Å². The summed E-state index contributed by atoms with van der Waals surface area (Å²) < 4.78 is 0. The normalized spacial score (nSPS) is 31.8. The zero-order valence-corrected chi connectivity index (χ0v) is 11.8. The molecule has 2 fully saturated rings. The fourth-order valence-corrected chi connectivity index (χ4v) is 3.74. The van der Waals surface area contributed by atoms with E-state index in [1.54, 1.807) is 0 Å². The topological polar surface area (TPSA) is 29.3 Å². The summed E-state index contributed by atoms with van der Waals surface area (Å²) in [5, 5.41) is 1.28. The summed E-state index contributed by atoms with van der Waals surface area (Å²) in [5.41, 5.74) is 7.34. The van der Waals surface area contributed by atoms with Gasteiger partial charge in [-0.3, -0.25) is 4.90 Å². The quantitative estimate of drug-likeness (QED) is 0.901. The Kier molecular flexibility index (Phi) is 3.55. The lowest BCUT2D eigenvalue weighted by atomic mass is 9.97. The molecule has 2 bridgehead atoms. The summed E-state index contributed by atoms with van der Waals surface area (Å²) in [7, 11) is 0. The van der Waals surface area contributed by atoms with Crippen molar-refractivity contribution in [2.75, 3.05) is 0 Å². The third kappa shape index (κ3) is 2.39. The fourth-order valence-electron chi connectivity index (χ4n) is 3.42. The molecule has 1 aromatic carbocycles. The van der Waals surface area contributed by atoms with Gasteiger partial charge in [0.1, 0.15) is 0 Å². The van der Waals surface area contributed by atoms with Crippen LogP contribution in [0.25, 0.3) is 0 Å². The highest BCUT2D eigenvalue weighted by Crippen LogP contribution is 2.36. The number of fused-ring (bicyclic) bond motifs is 2. The van der Waals surface area contributed by atoms with Crippen molar-refractivity contribution in [2.24, 2.45) is 5.73 Å². The van der Waals surface area contributed by atoms with E-state index in [2.05, 4.69) is 11.0 Å². The molecule has 0 amide bonds. The second kappa shape index (κ2) is 5.01. The van der Waals surface area contributed by atoms with Gasteiger partial charge >= 0.3 is 0 Å². The third-order valence-electron chi connectivity index (χ3n) is 4.27. The highest BCUT2D eigenvalue weighted by Gasteiger charge is 2.39. The number of hydrogen-bond acceptors (Lipinski definition) is 2. The van der Waals surface area contributed by atoms with Crippen LogP contribution in [0.5, 0.6) is 0 Å². The second-order valence-corrected chi connectivity index (χ2v) is 6.35. The van der Waals surface area contributed by atoms with Gasteiger partial charge in [-0.25, -0.2) is 0 Å². The molecule has 0 unspecified atom stereocenters. The van der Waals surface area contributed by atoms with Gasteiger partial charge in [0, 0.05) is 24.7 Å². The summed E-state index contributed by atoms with van der Waals surface area (Å²) in [4.78, 5) is 2.60. The van der Waals surface area contributed by atoms with Crippen LogP contribution >= 0.6 is 23.2 Å². The molecule has 2 aliphatic heterocycles. The Morgan fingerprint density at radius 1 is 1.11 bits per heavy atom. The molecule has 1 aromatic rings. The molecule has 98 valence electrons. The molecule has 2 nitrogen and oxygen atoms in total. The number of nitrogens with zero attached hydrogens (tertiary/aromatic N) is 1. The van der Waals surface area contributed by atoms with Crippen LogP contribution in [-0.2, 0) is 6.54 Å². The predicted molar refractivity (Wildman–Crippen MR) is 76.0 cm³/mol. The first-order valence-electron chi connectivity index (χ1n) is 6.59. The number of halogens is 2. The van der Waals surface area contributed by atoms with E-state index in [0.717, 1.165) is 19.4 Å². The average Bonchev–Trinajstić information content (AvgIpc) is 2.58. The van der Waals surface area contributed by atoms with E-state index in [1.807, 2.05) is 12.1 Å². The average molecular weight is 285 g/mol. The first-order chi connectivity index (χ1) is 8.63. The molecule has 2 N–H and O–H groups in total. The first kappa shape index (κ1) is 12.7. The molecule has 4 heteroatoms. The zero-order chi connectivity index (χ0) is 12.7. The first-order valence-corrected chi connectivity index (χ1v) is 7.34. The third-order valence-corrected chi connectivity index (χ3v) is 5.01. The number of rotatable bonds is 2. The SMILES string of the molecule is N[C@@H]1C[C@H]2CC[C@@H](C1)N2Cc1ccc(Cl)c(Cl)c1. The highest BCUT2D eigenvalue weighted by molar-refractivity contribution is 6.42. The Hall–Kier alpha value is -0.280. The van der Waals surface area contributed by atoms with Crippen LogP contribution in [0.2, 0.25) is 10.0 Å². The van der Waals surface area contributed by atoms with E-state index in [0.29, 0.717) is 28.2 Å². The van der Waals surface area contributed by atoms with Gasteiger partial charge in [0.25, 0.3) is 0 Å². The van der Waals surface area contributed by atoms with Crippen LogP contribution in [0, 0.1) is 0 Å². The Balaban J connectivity index is 1.75. The molecule has 2 heterocycles. The van der Waals surface area contributed by atoms with E-state index in [-0.39, 0.29) is 0 Å². The summed E-state index contributed by atoms with van der Waals surface area (Å²) in [5.74, 6) is 0. The van der Waals surface area contributed by atoms with Crippen molar-refractivity contribution in [1.82, 2.24) is 4.90 Å². The van der Waals surface area contributed by atoms with Crippen molar-refractivity contribution in [3.05, 3.63) is 33.8 Å². The fraction of sp³-hybridized carbons (Fsp3) is 0.571. The molecule has 2 aliphatic rings. The van der Waals surface area contributed by atoms with Gasteiger partial charge in [-0.15, -0.1) is 0 Å². The van der Waals surface area contributed by atoms with Crippen molar-refractivity contribution in [3.63, 3.8) is 0 Å². The number of benzene rings is 1. The van der Waals surface area contributed by atoms with Crippen LogP contribution in [0.15, 0.2) is 18.2 Å². The van der Waals surface area contributed by atoms with Crippen LogP contribution < -0.4 is 5.73 Å². The number of hydrogen-bond donors (Lipinski definition) is 1. The minimum absolute atomic E-state index is 0.396. The summed E-state index contributed by atoms with van der Waals surface area (Å²) >= 11 is 12.0. The van der Waals surface area contributed by atoms with Gasteiger partial charge in [0.2, 0.25) is 0 Å². The van der Waals surface area contributed by atoms with Gasteiger partial charge in [-0.2, -0.15) is 0 Å². The van der Waals surface area contributed by atoms with Gasteiger partial charge in [0.05, 0.1) is 10.0 Å². The maximum absolute atomic E-state index is 6.09. The number of nitrogens with two attached hydrogens (primary N) is 1. The molecule has 3 rings (SSSR count). The van der Waals surface area contributed by atoms with Gasteiger partial charge in [0.15, 0.2) is 0 Å². The Bertz CT molecular complexity index is 435. The van der Waals surface area contributed by atoms with Crippen LogP contribution in [0.4, 0.5) is 0 Å². The maximum Gasteiger partial charge on any atom is 0.0595 e. The second-order valence-electron chi connectivity index (χ2n) is 5.54. The molecule has 0 saturated carbocycles. The van der Waals surface area contributed by atoms with E-state index in [4.69, 9.17) is 28.9 Å². The molecule has 2 saturated heterocycles. The highest BCUT2D eigenvalue weighted by atomic mass is 35.5. The molecule has 0 radical (unpaired) electrons. The van der Waals surface area contributed by atoms with Crippen molar-refractivity contribution >= 4 is 23.2 Å². The Morgan fingerprint density at radius 3 is 2.39 bits per heavy atom. The summed E-state index contributed by atoms with van der Waals surface area (Å²) in [6.45, 7) is 0.971. The number of piperidine rings is 1. The lowest BCUT2D eigenvalue weighted by Gasteiger charge is -2.37. The minimum atomic E-state index is 0.396. The lowest BCUT2D eigenvalue weighted by Crippen LogP contribution is -2.46. The molecule has 0 aromatic heterocycles. The van der Waals surface area contributed by atoms with E-state index in [1.165, 1.54) is 18.4 Å². The van der Waals surface area contributed by atoms with Crippen LogP contribution in [0.3, 0.4) is 0 Å². The van der Waals surface area contributed by atoms with Crippen LogP contribution in [-0.4, -0.2) is 23.0 Å². The molecular formula is C14H18Cl2N2. The molecular weight excluding hydrogens is 267 g/mol. The van der Waals surface area contributed by atoms with Crippen molar-refractivity contribution < 1.29 is 0 Å². The Morgan fingerprint density at radius 2 is 1.78 bits per heavy atom. The van der Waals surface area contributed by atoms with E-state index < -0.39 is 0 Å². The molecule has 3 atom stereocenters. The largest absolute Gasteiger partial charge is 0.328 e. The predicted octanol–water partition coefficient (Wildman–Crippen LogP) is 3.45. The standard InChI is InChI=1S/C14H18Cl2N2/c15-13-4-1-9(5-14(13)16)8-18-11-2-3-12(18)7-10(17)6-11/h1,4-5,10-12H,2-3,6-8,17H2/t10-,11-,12+. The van der Waals surface area contributed by atoms with Crippen molar-refractivity contribution in [1.29, 1.82) is 0 Å². The van der Waals surface area contributed by atoms with Crippen molar-refractivity contribution in [3.8, 4) is 0 Å². The van der Waals surface area contributed by atoms with Crippen LogP contribution in [0.1, 0.15) is 31.2 Å². The van der Waals surface area contributed by atoms with Gasteiger partial charge in [-0.05, 0) is 43.4 Å². The molecule has 18 heavy (non-hydrogen) atoms. The minimum Gasteiger partial charge on any atom is -0.328 e. The summed E-state index contributed by atoms with van der Waals surface area (Å²) in [6, 6.07) is 7.66.